The molecular formula is C16H14F3N7O2S. The lowest BCUT2D eigenvalue weighted by atomic mass is 9.89. The van der Waals surface area contributed by atoms with Crippen LogP contribution in [0.2, 0.25) is 0 Å². The minimum absolute atomic E-state index is 0.102. The lowest BCUT2D eigenvalue weighted by Crippen LogP contribution is -2.65. The van der Waals surface area contributed by atoms with Gasteiger partial charge in [0.15, 0.2) is 5.75 Å². The summed E-state index contributed by atoms with van der Waals surface area (Å²) in [5, 5.41) is 14.2. The van der Waals surface area contributed by atoms with Gasteiger partial charge in [-0.1, -0.05) is 0 Å². The van der Waals surface area contributed by atoms with Crippen molar-refractivity contribution in [3.05, 3.63) is 31.0 Å². The second-order valence-corrected chi connectivity index (χ2v) is 8.80. The van der Waals surface area contributed by atoms with E-state index in [9.17, 15) is 26.9 Å². The first-order valence-corrected chi connectivity index (χ1v) is 10.00. The fourth-order valence-corrected chi connectivity index (χ4v) is 4.87. The first-order chi connectivity index (χ1) is 13.6. The number of H-pyrrole nitrogens is 1. The molecule has 1 aliphatic rings. The summed E-state index contributed by atoms with van der Waals surface area (Å²) in [6.07, 6.45) is 1.28. The van der Waals surface area contributed by atoms with E-state index < -0.39 is 27.5 Å². The van der Waals surface area contributed by atoms with Gasteiger partial charge >= 0.3 is 6.18 Å². The zero-order chi connectivity index (χ0) is 20.9. The van der Waals surface area contributed by atoms with Crippen molar-refractivity contribution in [3.8, 4) is 17.3 Å². The molecule has 3 aromatic heterocycles. The van der Waals surface area contributed by atoms with Gasteiger partial charge in [0.1, 0.15) is 17.5 Å². The number of aromatic amines is 1. The molecule has 13 heteroatoms. The van der Waals surface area contributed by atoms with Gasteiger partial charge in [-0.25, -0.2) is 18.4 Å². The molecule has 9 nitrogen and oxygen atoms in total. The highest BCUT2D eigenvalue weighted by Crippen LogP contribution is 2.36. The molecular weight excluding hydrogens is 411 g/mol. The summed E-state index contributed by atoms with van der Waals surface area (Å²) in [4.78, 5) is 11.3. The molecule has 1 N–H and O–H groups in total. The topological polar surface area (TPSA) is 121 Å². The number of halogens is 3. The molecule has 0 bridgehead atoms. The van der Waals surface area contributed by atoms with Crippen LogP contribution in [0.15, 0.2) is 31.0 Å². The van der Waals surface area contributed by atoms with E-state index in [1.54, 1.807) is 18.5 Å². The Morgan fingerprint density at radius 3 is 2.76 bits per heavy atom. The molecule has 0 aromatic carbocycles. The highest BCUT2D eigenvalue weighted by molar-refractivity contribution is 7.89. The minimum Gasteiger partial charge on any atom is -0.346 e. The fourth-order valence-electron chi connectivity index (χ4n) is 3.40. The number of hydrogen-bond acceptors (Lipinski definition) is 6. The number of rotatable bonds is 5. The maximum Gasteiger partial charge on any atom is 0.404 e. The van der Waals surface area contributed by atoms with Gasteiger partial charge in [-0.15, -0.1) is 0 Å². The second kappa shape index (κ2) is 6.53. The number of aromatic nitrogens is 5. The summed E-state index contributed by atoms with van der Waals surface area (Å²) in [6, 6.07) is 3.76. The quantitative estimate of drug-likeness (QED) is 0.663. The standard InChI is InChI=1S/C16H14F3N7O2S/c17-16(18,19)9-29(27,28)25-7-15(8-25,2-3-20)26-6-11(5-24-26)13-12-1-4-21-14(12)23-10-22-13/h1,4-6,10H,2,7-9H2,(H,21,22,23). The number of alkyl halides is 3. The van der Waals surface area contributed by atoms with E-state index in [0.717, 1.165) is 9.69 Å². The van der Waals surface area contributed by atoms with Crippen molar-refractivity contribution in [1.29, 1.82) is 5.26 Å². The molecule has 1 saturated heterocycles. The second-order valence-electron chi connectivity index (χ2n) is 6.83. The fraction of sp³-hybridized carbons (Fsp3) is 0.375. The molecule has 0 aliphatic carbocycles. The van der Waals surface area contributed by atoms with Crippen LogP contribution in [0.5, 0.6) is 0 Å². The summed E-state index contributed by atoms with van der Waals surface area (Å²) in [5.41, 5.74) is 0.805. The van der Waals surface area contributed by atoms with Crippen LogP contribution in [-0.2, 0) is 15.6 Å². The maximum atomic E-state index is 12.5. The number of nitrogens with zero attached hydrogens (tertiary/aromatic N) is 6. The number of nitrogens with one attached hydrogen (secondary N) is 1. The van der Waals surface area contributed by atoms with E-state index in [1.807, 2.05) is 6.07 Å². The van der Waals surface area contributed by atoms with E-state index in [2.05, 4.69) is 20.1 Å². The first-order valence-electron chi connectivity index (χ1n) is 8.39. The van der Waals surface area contributed by atoms with Crippen LogP contribution in [0.25, 0.3) is 22.3 Å². The molecule has 1 aliphatic heterocycles. The highest BCUT2D eigenvalue weighted by Gasteiger charge is 2.52. The van der Waals surface area contributed by atoms with Crippen molar-refractivity contribution in [2.75, 3.05) is 18.8 Å². The van der Waals surface area contributed by atoms with E-state index in [4.69, 9.17) is 0 Å². The lowest BCUT2D eigenvalue weighted by Gasteiger charge is -2.47. The smallest absolute Gasteiger partial charge is 0.346 e. The van der Waals surface area contributed by atoms with Crippen LogP contribution in [-0.4, -0.2) is 62.5 Å². The SMILES string of the molecule is N#CCC1(n2cc(-c3ncnc4[nH]ccc34)cn2)CN(S(=O)(=O)CC(F)(F)F)C1. The molecule has 3 aromatic rings. The summed E-state index contributed by atoms with van der Waals surface area (Å²) in [7, 11) is -4.51. The van der Waals surface area contributed by atoms with Crippen molar-refractivity contribution in [1.82, 2.24) is 29.0 Å². The van der Waals surface area contributed by atoms with Gasteiger partial charge < -0.3 is 4.98 Å². The molecule has 4 heterocycles. The molecule has 0 radical (unpaired) electrons. The van der Waals surface area contributed by atoms with Gasteiger partial charge in [0.25, 0.3) is 0 Å². The third kappa shape index (κ3) is 3.45. The summed E-state index contributed by atoms with van der Waals surface area (Å²) in [6.45, 7) is -0.521. The Morgan fingerprint density at radius 2 is 2.07 bits per heavy atom. The third-order valence-electron chi connectivity index (χ3n) is 4.78. The van der Waals surface area contributed by atoms with Gasteiger partial charge in [-0.3, -0.25) is 4.68 Å². The summed E-state index contributed by atoms with van der Waals surface area (Å²) >= 11 is 0. The molecule has 29 heavy (non-hydrogen) atoms. The van der Waals surface area contributed by atoms with Gasteiger partial charge in [0.05, 0.1) is 24.4 Å². The van der Waals surface area contributed by atoms with E-state index >= 15 is 0 Å². The largest absolute Gasteiger partial charge is 0.404 e. The number of fused-ring (bicyclic) bond motifs is 1. The van der Waals surface area contributed by atoms with Gasteiger partial charge in [-0.2, -0.15) is 27.8 Å². The van der Waals surface area contributed by atoms with Gasteiger partial charge in [-0.05, 0) is 6.07 Å². The van der Waals surface area contributed by atoms with Gasteiger partial charge in [0.2, 0.25) is 10.0 Å². The van der Waals surface area contributed by atoms with Crippen molar-refractivity contribution in [2.45, 2.75) is 18.1 Å². The average molecular weight is 425 g/mol. The average Bonchev–Trinajstić information content (AvgIpc) is 3.24. The zero-order valence-corrected chi connectivity index (χ0v) is 15.6. The van der Waals surface area contributed by atoms with Gasteiger partial charge in [0, 0.05) is 36.4 Å². The Bertz CT molecular complexity index is 1200. The monoisotopic (exact) mass is 425 g/mol. The number of hydrogen-bond donors (Lipinski definition) is 1. The number of sulfonamides is 1. The van der Waals surface area contributed by atoms with E-state index in [0.29, 0.717) is 16.9 Å². The lowest BCUT2D eigenvalue weighted by molar-refractivity contribution is -0.107. The van der Waals surface area contributed by atoms with Crippen LogP contribution in [0, 0.1) is 11.3 Å². The maximum absolute atomic E-state index is 12.5. The van der Waals surface area contributed by atoms with Crippen LogP contribution >= 0.6 is 0 Å². The summed E-state index contributed by atoms with van der Waals surface area (Å²) in [5.74, 6) is -1.93. The molecule has 4 rings (SSSR count). The Labute approximate surface area is 162 Å². The molecule has 152 valence electrons. The zero-order valence-electron chi connectivity index (χ0n) is 14.8. The van der Waals surface area contributed by atoms with Crippen LogP contribution in [0.1, 0.15) is 6.42 Å². The number of nitriles is 1. The van der Waals surface area contributed by atoms with E-state index in [1.165, 1.54) is 17.2 Å². The van der Waals surface area contributed by atoms with Crippen LogP contribution < -0.4 is 0 Å². The predicted octanol–water partition coefficient (Wildman–Crippen LogP) is 1.64. The third-order valence-corrected chi connectivity index (χ3v) is 6.52. The Morgan fingerprint density at radius 1 is 1.31 bits per heavy atom. The molecule has 1 fully saturated rings. The molecule has 0 unspecified atom stereocenters. The van der Waals surface area contributed by atoms with Crippen LogP contribution in [0.3, 0.4) is 0 Å². The molecule has 0 amide bonds. The van der Waals surface area contributed by atoms with Crippen molar-refractivity contribution >= 4 is 21.1 Å². The molecule has 0 spiro atoms. The van der Waals surface area contributed by atoms with Crippen molar-refractivity contribution in [2.24, 2.45) is 0 Å². The normalized spacial score (nSPS) is 17.2. The Hall–Kier alpha value is -2.98. The molecule has 0 atom stereocenters. The van der Waals surface area contributed by atoms with Crippen molar-refractivity contribution in [3.63, 3.8) is 0 Å². The van der Waals surface area contributed by atoms with Crippen molar-refractivity contribution < 1.29 is 21.6 Å². The Kier molecular flexibility index (Phi) is 4.35. The summed E-state index contributed by atoms with van der Waals surface area (Å²) < 4.78 is 63.7. The molecule has 0 saturated carbocycles. The minimum atomic E-state index is -4.83. The predicted molar refractivity (Wildman–Crippen MR) is 94.7 cm³/mol. The Balaban J connectivity index is 1.62. The highest BCUT2D eigenvalue weighted by atomic mass is 32.2. The van der Waals surface area contributed by atoms with E-state index in [-0.39, 0.29) is 19.5 Å². The van der Waals surface area contributed by atoms with Crippen LogP contribution in [0.4, 0.5) is 13.2 Å². The first kappa shape index (κ1) is 19.3.